The van der Waals surface area contributed by atoms with Crippen LogP contribution in [0.4, 0.5) is 0 Å². The summed E-state index contributed by atoms with van der Waals surface area (Å²) < 4.78 is 5.91. The lowest BCUT2D eigenvalue weighted by Crippen LogP contribution is -2.30. The molecule has 1 aliphatic rings. The zero-order valence-corrected chi connectivity index (χ0v) is 11.9. The summed E-state index contributed by atoms with van der Waals surface area (Å²) in [6.45, 7) is 2.06. The van der Waals surface area contributed by atoms with Crippen molar-refractivity contribution in [3.8, 4) is 0 Å². The highest BCUT2D eigenvalue weighted by molar-refractivity contribution is 5.94. The summed E-state index contributed by atoms with van der Waals surface area (Å²) in [7, 11) is 0. The first-order valence-electron chi connectivity index (χ1n) is 7.33. The van der Waals surface area contributed by atoms with Gasteiger partial charge in [0.1, 0.15) is 0 Å². The standard InChI is InChI=1S/C18H19NO2/c20-18(16-9-5-2-6-10-16)19-12-11-17(13-19)21-14-15-7-3-1-4-8-15/h1-10,17H,11-14H2. The average Bonchev–Trinajstić information content (AvgIpc) is 3.03. The molecule has 0 saturated carbocycles. The number of ether oxygens (including phenoxy) is 1. The van der Waals surface area contributed by atoms with Crippen molar-refractivity contribution in [3.05, 3.63) is 71.8 Å². The monoisotopic (exact) mass is 281 g/mol. The van der Waals surface area contributed by atoms with Crippen molar-refractivity contribution in [1.29, 1.82) is 0 Å². The van der Waals surface area contributed by atoms with Crippen LogP contribution in [0.25, 0.3) is 0 Å². The molecular weight excluding hydrogens is 262 g/mol. The Morgan fingerprint density at radius 2 is 1.71 bits per heavy atom. The van der Waals surface area contributed by atoms with Crippen LogP contribution in [0.2, 0.25) is 0 Å². The summed E-state index contributed by atoms with van der Waals surface area (Å²) in [5.41, 5.74) is 1.92. The fraction of sp³-hybridized carbons (Fsp3) is 0.278. The minimum Gasteiger partial charge on any atom is -0.372 e. The first-order chi connectivity index (χ1) is 10.3. The first kappa shape index (κ1) is 13.8. The molecule has 2 aromatic carbocycles. The molecule has 21 heavy (non-hydrogen) atoms. The maximum Gasteiger partial charge on any atom is 0.253 e. The molecule has 1 aliphatic heterocycles. The fourth-order valence-electron chi connectivity index (χ4n) is 2.60. The predicted molar refractivity (Wildman–Crippen MR) is 82.0 cm³/mol. The molecule has 1 amide bonds. The summed E-state index contributed by atoms with van der Waals surface area (Å²) in [6, 6.07) is 19.6. The average molecular weight is 281 g/mol. The molecule has 1 heterocycles. The van der Waals surface area contributed by atoms with Crippen LogP contribution in [-0.4, -0.2) is 30.0 Å². The Morgan fingerprint density at radius 1 is 1.05 bits per heavy atom. The molecular formula is C18H19NO2. The van der Waals surface area contributed by atoms with Crippen LogP contribution in [-0.2, 0) is 11.3 Å². The molecule has 1 unspecified atom stereocenters. The number of rotatable bonds is 4. The second kappa shape index (κ2) is 6.55. The van der Waals surface area contributed by atoms with Gasteiger partial charge in [-0.25, -0.2) is 0 Å². The van der Waals surface area contributed by atoms with Gasteiger partial charge in [-0.15, -0.1) is 0 Å². The van der Waals surface area contributed by atoms with Crippen LogP contribution in [0.3, 0.4) is 0 Å². The summed E-state index contributed by atoms with van der Waals surface area (Å²) in [6.07, 6.45) is 1.05. The Balaban J connectivity index is 1.53. The molecule has 1 fully saturated rings. The number of carbonyl (C=O) groups is 1. The van der Waals surface area contributed by atoms with Gasteiger partial charge in [0.25, 0.3) is 5.91 Å². The first-order valence-corrected chi connectivity index (χ1v) is 7.33. The summed E-state index contributed by atoms with van der Waals surface area (Å²) >= 11 is 0. The largest absolute Gasteiger partial charge is 0.372 e. The van der Waals surface area contributed by atoms with Crippen molar-refractivity contribution in [2.24, 2.45) is 0 Å². The molecule has 108 valence electrons. The van der Waals surface area contributed by atoms with Gasteiger partial charge in [-0.2, -0.15) is 0 Å². The molecule has 3 heteroatoms. The van der Waals surface area contributed by atoms with E-state index in [0.717, 1.165) is 18.5 Å². The van der Waals surface area contributed by atoms with E-state index in [-0.39, 0.29) is 12.0 Å². The van der Waals surface area contributed by atoms with E-state index in [9.17, 15) is 4.79 Å². The molecule has 0 bridgehead atoms. The van der Waals surface area contributed by atoms with Crippen LogP contribution in [0.1, 0.15) is 22.3 Å². The van der Waals surface area contributed by atoms with E-state index >= 15 is 0 Å². The van der Waals surface area contributed by atoms with Gasteiger partial charge in [0.05, 0.1) is 12.7 Å². The van der Waals surface area contributed by atoms with E-state index in [1.807, 2.05) is 53.4 Å². The lowest BCUT2D eigenvalue weighted by molar-refractivity contribution is 0.0437. The van der Waals surface area contributed by atoms with Gasteiger partial charge in [0, 0.05) is 18.7 Å². The summed E-state index contributed by atoms with van der Waals surface area (Å²) in [5.74, 6) is 0.0985. The van der Waals surface area contributed by atoms with Gasteiger partial charge in [-0.1, -0.05) is 48.5 Å². The van der Waals surface area contributed by atoms with Gasteiger partial charge in [-0.3, -0.25) is 4.79 Å². The SMILES string of the molecule is O=C(c1ccccc1)N1CCC(OCc2ccccc2)C1. The van der Waals surface area contributed by atoms with Crippen molar-refractivity contribution >= 4 is 5.91 Å². The van der Waals surface area contributed by atoms with Gasteiger partial charge >= 0.3 is 0 Å². The molecule has 3 nitrogen and oxygen atoms in total. The van der Waals surface area contributed by atoms with Gasteiger partial charge in [-0.05, 0) is 24.1 Å². The smallest absolute Gasteiger partial charge is 0.253 e. The molecule has 0 aromatic heterocycles. The van der Waals surface area contributed by atoms with E-state index in [0.29, 0.717) is 13.2 Å². The molecule has 3 rings (SSSR count). The van der Waals surface area contributed by atoms with Crippen LogP contribution in [0.15, 0.2) is 60.7 Å². The van der Waals surface area contributed by atoms with Crippen molar-refractivity contribution in [2.75, 3.05) is 13.1 Å². The van der Waals surface area contributed by atoms with Gasteiger partial charge in [0.2, 0.25) is 0 Å². The van der Waals surface area contributed by atoms with Crippen molar-refractivity contribution in [1.82, 2.24) is 4.90 Å². The quantitative estimate of drug-likeness (QED) is 0.861. The Bertz CT molecular complexity index is 583. The Kier molecular flexibility index (Phi) is 4.31. The minimum atomic E-state index is 0.0985. The number of hydrogen-bond acceptors (Lipinski definition) is 2. The Labute approximate surface area is 125 Å². The molecule has 2 aromatic rings. The third-order valence-electron chi connectivity index (χ3n) is 3.78. The number of hydrogen-bond donors (Lipinski definition) is 0. The van der Waals surface area contributed by atoms with Gasteiger partial charge < -0.3 is 9.64 Å². The second-order valence-electron chi connectivity index (χ2n) is 5.32. The number of amides is 1. The number of likely N-dealkylation sites (tertiary alicyclic amines) is 1. The van der Waals surface area contributed by atoms with Crippen LogP contribution in [0.5, 0.6) is 0 Å². The van der Waals surface area contributed by atoms with E-state index in [4.69, 9.17) is 4.74 Å². The number of carbonyl (C=O) groups excluding carboxylic acids is 1. The molecule has 0 aliphatic carbocycles. The van der Waals surface area contributed by atoms with Crippen molar-refractivity contribution in [3.63, 3.8) is 0 Å². The van der Waals surface area contributed by atoms with E-state index < -0.39 is 0 Å². The lowest BCUT2D eigenvalue weighted by Gasteiger charge is -2.17. The molecule has 0 N–H and O–H groups in total. The van der Waals surface area contributed by atoms with Crippen LogP contribution >= 0.6 is 0 Å². The maximum atomic E-state index is 12.3. The van der Waals surface area contributed by atoms with E-state index in [1.165, 1.54) is 5.56 Å². The third kappa shape index (κ3) is 3.50. The maximum absolute atomic E-state index is 12.3. The second-order valence-corrected chi connectivity index (χ2v) is 5.32. The predicted octanol–water partition coefficient (Wildman–Crippen LogP) is 3.12. The Morgan fingerprint density at radius 3 is 2.43 bits per heavy atom. The third-order valence-corrected chi connectivity index (χ3v) is 3.78. The Hall–Kier alpha value is -2.13. The van der Waals surface area contributed by atoms with E-state index in [2.05, 4.69) is 12.1 Å². The molecule has 0 radical (unpaired) electrons. The summed E-state index contributed by atoms with van der Waals surface area (Å²) in [5, 5.41) is 0. The van der Waals surface area contributed by atoms with Crippen LogP contribution in [0, 0.1) is 0 Å². The normalized spacial score (nSPS) is 17.9. The van der Waals surface area contributed by atoms with Crippen molar-refractivity contribution < 1.29 is 9.53 Å². The van der Waals surface area contributed by atoms with Crippen LogP contribution < -0.4 is 0 Å². The van der Waals surface area contributed by atoms with Crippen molar-refractivity contribution in [2.45, 2.75) is 19.1 Å². The number of nitrogens with zero attached hydrogens (tertiary/aromatic N) is 1. The van der Waals surface area contributed by atoms with Gasteiger partial charge in [0.15, 0.2) is 0 Å². The lowest BCUT2D eigenvalue weighted by atomic mass is 10.2. The highest BCUT2D eigenvalue weighted by atomic mass is 16.5. The van der Waals surface area contributed by atoms with E-state index in [1.54, 1.807) is 0 Å². The topological polar surface area (TPSA) is 29.5 Å². The fourth-order valence-corrected chi connectivity index (χ4v) is 2.60. The zero-order valence-electron chi connectivity index (χ0n) is 11.9. The molecule has 1 saturated heterocycles. The zero-order chi connectivity index (χ0) is 14.5. The molecule has 0 spiro atoms. The highest BCUT2D eigenvalue weighted by Crippen LogP contribution is 2.17. The minimum absolute atomic E-state index is 0.0985. The number of benzene rings is 2. The molecule has 1 atom stereocenters. The highest BCUT2D eigenvalue weighted by Gasteiger charge is 2.27. The summed E-state index contributed by atoms with van der Waals surface area (Å²) in [4.78, 5) is 14.2.